The van der Waals surface area contributed by atoms with Gasteiger partial charge in [-0.05, 0) is 48.9 Å². The van der Waals surface area contributed by atoms with E-state index in [9.17, 15) is 8.76 Å². The molecule has 1 heterocycles. The van der Waals surface area contributed by atoms with E-state index in [0.29, 0.717) is 5.02 Å². The molecule has 2 aromatic carbocycles. The molecular formula is C17H14ClN2O2S-. The number of hydrogen-bond acceptors (Lipinski definition) is 3. The second-order valence-corrected chi connectivity index (χ2v) is 6.53. The van der Waals surface area contributed by atoms with E-state index in [1.165, 1.54) is 0 Å². The van der Waals surface area contributed by atoms with Gasteiger partial charge in [0.1, 0.15) is 5.82 Å². The van der Waals surface area contributed by atoms with Gasteiger partial charge >= 0.3 is 0 Å². The van der Waals surface area contributed by atoms with Crippen molar-refractivity contribution < 1.29 is 8.76 Å². The molecular weight excluding hydrogens is 332 g/mol. The summed E-state index contributed by atoms with van der Waals surface area (Å²) < 4.78 is 23.5. The smallest absolute Gasteiger partial charge is 0.144 e. The van der Waals surface area contributed by atoms with Crippen LogP contribution in [-0.2, 0) is 16.8 Å². The number of nitrogens with zero attached hydrogens (tertiary/aromatic N) is 2. The molecule has 0 saturated carbocycles. The van der Waals surface area contributed by atoms with Gasteiger partial charge in [-0.25, -0.2) is 4.98 Å². The fraction of sp³-hybridized carbons (Fsp3) is 0.118. The van der Waals surface area contributed by atoms with Gasteiger partial charge in [-0.2, -0.15) is 0 Å². The Bertz CT molecular complexity index is 842. The van der Waals surface area contributed by atoms with Crippen molar-refractivity contribution in [1.29, 1.82) is 0 Å². The normalized spacial score (nSPS) is 12.3. The Morgan fingerprint density at radius 3 is 2.39 bits per heavy atom. The van der Waals surface area contributed by atoms with Crippen LogP contribution in [0, 0.1) is 6.92 Å². The predicted molar refractivity (Wildman–Crippen MR) is 91.4 cm³/mol. The van der Waals surface area contributed by atoms with E-state index in [1.807, 2.05) is 66.2 Å². The summed E-state index contributed by atoms with van der Waals surface area (Å²) >= 11 is 3.86. The number of halogens is 1. The highest BCUT2D eigenvalue weighted by Crippen LogP contribution is 2.24. The van der Waals surface area contributed by atoms with Crippen molar-refractivity contribution in [2.45, 2.75) is 12.7 Å². The summed E-state index contributed by atoms with van der Waals surface area (Å²) in [5.74, 6) is 0.840. The summed E-state index contributed by atoms with van der Waals surface area (Å²) in [4.78, 5) is 4.58. The quantitative estimate of drug-likeness (QED) is 0.674. The highest BCUT2D eigenvalue weighted by atomic mass is 35.5. The Labute approximate surface area is 142 Å². The van der Waals surface area contributed by atoms with E-state index >= 15 is 0 Å². The average Bonchev–Trinajstić information content (AvgIpc) is 2.90. The SMILES string of the molecule is Cc1cn(-c2ccc(CS(=O)[O-])cc2)c(-c2ccc(Cl)cc2)n1. The molecule has 0 fully saturated rings. The molecule has 0 radical (unpaired) electrons. The molecule has 3 rings (SSSR count). The van der Waals surface area contributed by atoms with Gasteiger partial charge in [-0.15, -0.1) is 0 Å². The summed E-state index contributed by atoms with van der Waals surface area (Å²) in [5, 5.41) is 0.679. The van der Waals surface area contributed by atoms with Crippen LogP contribution in [0.15, 0.2) is 54.7 Å². The van der Waals surface area contributed by atoms with Gasteiger partial charge in [0.25, 0.3) is 0 Å². The highest BCUT2D eigenvalue weighted by molar-refractivity contribution is 7.78. The molecule has 1 aromatic heterocycles. The lowest BCUT2D eigenvalue weighted by Crippen LogP contribution is -1.98. The van der Waals surface area contributed by atoms with Crippen LogP contribution >= 0.6 is 11.6 Å². The molecule has 0 spiro atoms. The summed E-state index contributed by atoms with van der Waals surface area (Å²) in [5.41, 5.74) is 3.55. The zero-order chi connectivity index (χ0) is 16.4. The van der Waals surface area contributed by atoms with Gasteiger partial charge in [0.2, 0.25) is 0 Å². The molecule has 6 heteroatoms. The average molecular weight is 346 g/mol. The van der Waals surface area contributed by atoms with Gasteiger partial charge in [-0.3, -0.25) is 8.78 Å². The maximum absolute atomic E-state index is 10.8. The molecule has 0 bridgehead atoms. The summed E-state index contributed by atoms with van der Waals surface area (Å²) in [7, 11) is 0. The van der Waals surface area contributed by atoms with Crippen molar-refractivity contribution in [3.63, 3.8) is 0 Å². The minimum absolute atomic E-state index is 0.0211. The van der Waals surface area contributed by atoms with Crippen molar-refractivity contribution in [3.8, 4) is 17.1 Å². The molecule has 0 amide bonds. The van der Waals surface area contributed by atoms with E-state index in [4.69, 9.17) is 11.6 Å². The third-order valence-electron chi connectivity index (χ3n) is 3.43. The number of benzene rings is 2. The van der Waals surface area contributed by atoms with Gasteiger partial charge in [-0.1, -0.05) is 34.8 Å². The van der Waals surface area contributed by atoms with E-state index in [-0.39, 0.29) is 5.75 Å². The number of aromatic nitrogens is 2. The minimum Gasteiger partial charge on any atom is -0.772 e. The number of imidazole rings is 1. The van der Waals surface area contributed by atoms with Gasteiger partial charge in [0.15, 0.2) is 0 Å². The van der Waals surface area contributed by atoms with Crippen LogP contribution in [0.25, 0.3) is 17.1 Å². The van der Waals surface area contributed by atoms with Crippen molar-refractivity contribution in [2.75, 3.05) is 0 Å². The molecule has 0 aliphatic carbocycles. The molecule has 0 aliphatic rings. The predicted octanol–water partition coefficient (Wildman–Crippen LogP) is 3.88. The summed E-state index contributed by atoms with van der Waals surface area (Å²) in [6.07, 6.45) is 1.95. The molecule has 1 unspecified atom stereocenters. The number of rotatable bonds is 4. The zero-order valence-electron chi connectivity index (χ0n) is 12.4. The van der Waals surface area contributed by atoms with Crippen LogP contribution in [0.5, 0.6) is 0 Å². The lowest BCUT2D eigenvalue weighted by atomic mass is 10.2. The first-order valence-corrected chi connectivity index (χ1v) is 8.62. The Balaban J connectivity index is 2.00. The van der Waals surface area contributed by atoms with E-state index in [1.54, 1.807) is 0 Å². The fourth-order valence-corrected chi connectivity index (χ4v) is 2.98. The molecule has 0 saturated heterocycles. The Morgan fingerprint density at radius 1 is 1.13 bits per heavy atom. The van der Waals surface area contributed by atoms with E-state index in [2.05, 4.69) is 4.98 Å². The summed E-state index contributed by atoms with van der Waals surface area (Å²) in [6, 6.07) is 14.9. The maximum atomic E-state index is 10.8. The Kier molecular flexibility index (Phi) is 4.61. The van der Waals surface area contributed by atoms with E-state index in [0.717, 1.165) is 28.3 Å². The largest absolute Gasteiger partial charge is 0.772 e. The van der Waals surface area contributed by atoms with Crippen LogP contribution < -0.4 is 0 Å². The van der Waals surface area contributed by atoms with Crippen LogP contribution in [-0.4, -0.2) is 18.3 Å². The minimum atomic E-state index is -2.08. The van der Waals surface area contributed by atoms with Gasteiger partial charge < -0.3 is 4.55 Å². The second-order valence-electron chi connectivity index (χ2n) is 5.20. The molecule has 118 valence electrons. The Morgan fingerprint density at radius 2 is 1.78 bits per heavy atom. The standard InChI is InChI=1S/C17H15ClN2O2S/c1-12-10-20(16-8-2-13(3-9-16)11-23(21)22)17(19-12)14-4-6-15(18)7-5-14/h2-10H,11H2,1H3,(H,21,22)/p-1. The lowest BCUT2D eigenvalue weighted by Gasteiger charge is -2.10. The second kappa shape index (κ2) is 6.66. The third kappa shape index (κ3) is 3.69. The third-order valence-corrected chi connectivity index (χ3v) is 4.25. The first-order valence-electron chi connectivity index (χ1n) is 7.00. The molecule has 1 atom stereocenters. The molecule has 23 heavy (non-hydrogen) atoms. The van der Waals surface area contributed by atoms with Crippen LogP contribution in [0.3, 0.4) is 0 Å². The number of hydrogen-bond donors (Lipinski definition) is 0. The first kappa shape index (κ1) is 15.9. The zero-order valence-corrected chi connectivity index (χ0v) is 14.0. The molecule has 0 aliphatic heterocycles. The Hall–Kier alpha value is -1.95. The number of aryl methyl sites for hydroxylation is 1. The van der Waals surface area contributed by atoms with E-state index < -0.39 is 11.1 Å². The van der Waals surface area contributed by atoms with Crippen LogP contribution in [0.4, 0.5) is 0 Å². The van der Waals surface area contributed by atoms with Crippen molar-refractivity contribution >= 4 is 22.7 Å². The van der Waals surface area contributed by atoms with Gasteiger partial charge in [0.05, 0.1) is 5.69 Å². The highest BCUT2D eigenvalue weighted by Gasteiger charge is 2.10. The van der Waals surface area contributed by atoms with Crippen molar-refractivity contribution in [2.24, 2.45) is 0 Å². The van der Waals surface area contributed by atoms with Crippen LogP contribution in [0.2, 0.25) is 5.02 Å². The van der Waals surface area contributed by atoms with Crippen LogP contribution in [0.1, 0.15) is 11.3 Å². The maximum Gasteiger partial charge on any atom is 0.144 e. The topological polar surface area (TPSA) is 58.0 Å². The van der Waals surface area contributed by atoms with Crippen molar-refractivity contribution in [1.82, 2.24) is 9.55 Å². The summed E-state index contributed by atoms with van der Waals surface area (Å²) in [6.45, 7) is 1.94. The molecule has 3 aromatic rings. The first-order chi connectivity index (χ1) is 11.0. The fourth-order valence-electron chi connectivity index (χ4n) is 2.39. The molecule has 0 N–H and O–H groups in total. The monoisotopic (exact) mass is 345 g/mol. The van der Waals surface area contributed by atoms with Crippen molar-refractivity contribution in [3.05, 3.63) is 71.0 Å². The lowest BCUT2D eigenvalue weighted by molar-refractivity contribution is 0.536. The van der Waals surface area contributed by atoms with Gasteiger partial charge in [0, 0.05) is 28.2 Å². The molecule has 4 nitrogen and oxygen atoms in total.